The van der Waals surface area contributed by atoms with Gasteiger partial charge in [-0.05, 0) is 122 Å². The van der Waals surface area contributed by atoms with E-state index in [1.165, 1.54) is 4.90 Å². The van der Waals surface area contributed by atoms with E-state index in [4.69, 9.17) is 12.2 Å². The Kier molecular flexibility index (Phi) is 6.05. The van der Waals surface area contributed by atoms with Crippen LogP contribution in [-0.2, 0) is 9.59 Å². The first-order chi connectivity index (χ1) is 15.2. The van der Waals surface area contributed by atoms with E-state index in [2.05, 4.69) is 44.6 Å². The third-order valence-electron chi connectivity index (χ3n) is 5.56. The summed E-state index contributed by atoms with van der Waals surface area (Å²) < 4.78 is 3.27. The molecule has 4 rings (SSSR count). The Bertz CT molecular complexity index is 1310. The molecule has 1 saturated heterocycles. The Morgan fingerprint density at radius 1 is 0.969 bits per heavy atom. The van der Waals surface area contributed by atoms with Crippen molar-refractivity contribution in [3.8, 4) is 5.69 Å². The number of hydrogen-bond donors (Lipinski definition) is 1. The highest BCUT2D eigenvalue weighted by molar-refractivity contribution is 14.1. The molecule has 32 heavy (non-hydrogen) atoms. The number of rotatable bonds is 3. The highest BCUT2D eigenvalue weighted by Crippen LogP contribution is 2.28. The summed E-state index contributed by atoms with van der Waals surface area (Å²) in [6.45, 7) is 7.86. The maximum atomic E-state index is 13.4. The van der Waals surface area contributed by atoms with Gasteiger partial charge in [-0.1, -0.05) is 12.1 Å². The van der Waals surface area contributed by atoms with Crippen LogP contribution in [0.2, 0.25) is 0 Å². The molecule has 0 atom stereocenters. The normalized spacial score (nSPS) is 15.5. The molecule has 0 saturated carbocycles. The number of anilines is 1. The lowest BCUT2D eigenvalue weighted by molar-refractivity contribution is -0.122. The van der Waals surface area contributed by atoms with Crippen LogP contribution >= 0.6 is 34.8 Å². The number of nitrogens with zero attached hydrogens (tertiary/aromatic N) is 2. The maximum Gasteiger partial charge on any atom is 0.270 e. The van der Waals surface area contributed by atoms with E-state index in [1.807, 2.05) is 64.1 Å². The van der Waals surface area contributed by atoms with Crippen LogP contribution in [0.4, 0.5) is 5.69 Å². The minimum absolute atomic E-state index is 0.0577. The molecule has 0 bridgehead atoms. The molecule has 2 aromatic carbocycles. The van der Waals surface area contributed by atoms with Gasteiger partial charge in [-0.3, -0.25) is 19.8 Å². The van der Waals surface area contributed by atoms with Crippen molar-refractivity contribution < 1.29 is 9.59 Å². The second-order valence-corrected chi connectivity index (χ2v) is 9.52. The van der Waals surface area contributed by atoms with Gasteiger partial charge in [-0.15, -0.1) is 0 Å². The molecule has 1 fully saturated rings. The molecule has 1 aromatic heterocycles. The number of carbonyl (C=O) groups is 2. The number of aromatic nitrogens is 1. The van der Waals surface area contributed by atoms with Crippen molar-refractivity contribution in [2.24, 2.45) is 0 Å². The van der Waals surface area contributed by atoms with Crippen molar-refractivity contribution in [1.29, 1.82) is 0 Å². The van der Waals surface area contributed by atoms with Gasteiger partial charge in [0.05, 0.1) is 5.69 Å². The topological polar surface area (TPSA) is 54.3 Å². The molecule has 1 aliphatic heterocycles. The molecule has 3 aromatic rings. The first-order valence-corrected chi connectivity index (χ1v) is 11.6. The zero-order valence-corrected chi connectivity index (χ0v) is 21.2. The summed E-state index contributed by atoms with van der Waals surface area (Å²) in [4.78, 5) is 27.6. The average Bonchev–Trinajstić information content (AvgIpc) is 3.01. The van der Waals surface area contributed by atoms with Crippen LogP contribution in [0.15, 0.2) is 54.1 Å². The van der Waals surface area contributed by atoms with Crippen LogP contribution in [0.5, 0.6) is 0 Å². The molecule has 7 heteroatoms. The largest absolute Gasteiger partial charge is 0.318 e. The molecule has 1 N–H and O–H groups in total. The number of thiocarbonyl (C=S) groups is 1. The van der Waals surface area contributed by atoms with Crippen LogP contribution in [0.1, 0.15) is 28.1 Å². The lowest BCUT2D eigenvalue weighted by Crippen LogP contribution is -2.54. The van der Waals surface area contributed by atoms with Gasteiger partial charge in [-0.2, -0.15) is 0 Å². The second kappa shape index (κ2) is 8.63. The van der Waals surface area contributed by atoms with E-state index < -0.39 is 11.8 Å². The summed E-state index contributed by atoms with van der Waals surface area (Å²) in [5.74, 6) is -0.910. The van der Waals surface area contributed by atoms with E-state index in [1.54, 1.807) is 6.08 Å². The summed E-state index contributed by atoms with van der Waals surface area (Å²) in [6, 6.07) is 16.0. The second-order valence-electron chi connectivity index (χ2n) is 7.89. The Morgan fingerprint density at radius 2 is 1.66 bits per heavy atom. The van der Waals surface area contributed by atoms with Crippen LogP contribution in [0.25, 0.3) is 11.8 Å². The molecule has 0 spiro atoms. The molecular weight excluding hydrogens is 533 g/mol. The Morgan fingerprint density at radius 3 is 2.34 bits per heavy atom. The van der Waals surface area contributed by atoms with Crippen molar-refractivity contribution in [3.63, 3.8) is 0 Å². The van der Waals surface area contributed by atoms with Crippen LogP contribution in [0.3, 0.4) is 0 Å². The Balaban J connectivity index is 1.78. The van der Waals surface area contributed by atoms with Crippen molar-refractivity contribution >= 4 is 63.5 Å². The van der Waals surface area contributed by atoms with Crippen LogP contribution in [-0.4, -0.2) is 21.5 Å². The number of benzene rings is 2. The van der Waals surface area contributed by atoms with Crippen molar-refractivity contribution in [2.75, 3.05) is 4.90 Å². The van der Waals surface area contributed by atoms with E-state index in [9.17, 15) is 9.59 Å². The van der Waals surface area contributed by atoms with E-state index in [-0.39, 0.29) is 10.7 Å². The molecule has 0 unspecified atom stereocenters. The van der Waals surface area contributed by atoms with Gasteiger partial charge in [0.25, 0.3) is 11.8 Å². The highest BCUT2D eigenvalue weighted by atomic mass is 127. The average molecular weight is 555 g/mol. The summed E-state index contributed by atoms with van der Waals surface area (Å²) >= 11 is 7.63. The quantitative estimate of drug-likeness (QED) is 0.211. The van der Waals surface area contributed by atoms with Crippen molar-refractivity contribution in [3.05, 3.63) is 85.8 Å². The minimum atomic E-state index is -0.486. The predicted molar refractivity (Wildman–Crippen MR) is 140 cm³/mol. The Hall–Kier alpha value is -2.78. The van der Waals surface area contributed by atoms with E-state index in [0.29, 0.717) is 5.69 Å². The summed E-state index contributed by atoms with van der Waals surface area (Å²) in [6.07, 6.45) is 1.66. The molecule has 2 amide bonds. The molecule has 2 heterocycles. The number of carbonyl (C=O) groups excluding carboxylic acids is 2. The number of hydrogen-bond acceptors (Lipinski definition) is 3. The molecule has 5 nitrogen and oxygen atoms in total. The SMILES string of the molecule is Cc1ccc(C)c(N2C(=O)/C(=C\c3cc(C)n(-c4ccc(I)cc4)c3C)C(=O)NC2=S)c1. The lowest BCUT2D eigenvalue weighted by atomic mass is 10.0. The van der Waals surface area contributed by atoms with Gasteiger partial charge in [-0.25, -0.2) is 0 Å². The smallest absolute Gasteiger partial charge is 0.270 e. The molecule has 162 valence electrons. The van der Waals surface area contributed by atoms with Gasteiger partial charge in [0.15, 0.2) is 5.11 Å². The number of halogens is 1. The van der Waals surface area contributed by atoms with E-state index in [0.717, 1.165) is 37.3 Å². The number of aryl methyl sites for hydroxylation is 3. The molecule has 1 aliphatic rings. The minimum Gasteiger partial charge on any atom is -0.318 e. The molecular formula is C25H22IN3O2S. The summed E-state index contributed by atoms with van der Waals surface area (Å²) in [7, 11) is 0. The highest BCUT2D eigenvalue weighted by Gasteiger charge is 2.35. The van der Waals surface area contributed by atoms with Gasteiger partial charge in [0.1, 0.15) is 5.57 Å². The zero-order chi connectivity index (χ0) is 23.2. The number of amides is 2. The standard InChI is InChI=1S/C25H22IN3O2S/c1-14-5-6-15(2)22(11-14)29-24(31)21(23(30)27-25(29)32)13-18-12-16(3)28(17(18)4)20-9-7-19(26)8-10-20/h5-13H,1-4H3,(H,27,30,32)/b21-13-. The fourth-order valence-electron chi connectivity index (χ4n) is 3.91. The lowest BCUT2D eigenvalue weighted by Gasteiger charge is -2.30. The van der Waals surface area contributed by atoms with Gasteiger partial charge >= 0.3 is 0 Å². The van der Waals surface area contributed by atoms with Crippen LogP contribution < -0.4 is 10.2 Å². The fourth-order valence-corrected chi connectivity index (χ4v) is 4.55. The van der Waals surface area contributed by atoms with Gasteiger partial charge in [0.2, 0.25) is 0 Å². The first-order valence-electron chi connectivity index (χ1n) is 10.1. The predicted octanol–water partition coefficient (Wildman–Crippen LogP) is 5.15. The van der Waals surface area contributed by atoms with E-state index >= 15 is 0 Å². The van der Waals surface area contributed by atoms with Crippen molar-refractivity contribution in [1.82, 2.24) is 9.88 Å². The summed E-state index contributed by atoms with van der Waals surface area (Å²) in [5, 5.41) is 2.77. The third-order valence-corrected chi connectivity index (χ3v) is 6.57. The third kappa shape index (κ3) is 4.02. The molecule has 0 radical (unpaired) electrons. The monoisotopic (exact) mass is 555 g/mol. The van der Waals surface area contributed by atoms with Crippen LogP contribution in [0, 0.1) is 31.3 Å². The van der Waals surface area contributed by atoms with Gasteiger partial charge < -0.3 is 4.57 Å². The van der Waals surface area contributed by atoms with Crippen molar-refractivity contribution in [2.45, 2.75) is 27.7 Å². The molecule has 0 aliphatic carbocycles. The zero-order valence-electron chi connectivity index (χ0n) is 18.2. The Labute approximate surface area is 206 Å². The number of nitrogens with one attached hydrogen (secondary N) is 1. The first kappa shape index (κ1) is 22.4. The fraction of sp³-hybridized carbons (Fsp3) is 0.160. The van der Waals surface area contributed by atoms with Gasteiger partial charge in [0, 0.05) is 20.6 Å². The maximum absolute atomic E-state index is 13.4. The summed E-state index contributed by atoms with van der Waals surface area (Å²) in [5.41, 5.74) is 6.45.